The maximum absolute atomic E-state index is 11.9. The topological polar surface area (TPSA) is 70.7 Å². The fraction of sp³-hybridized carbons (Fsp3) is 0.182. The molecule has 5 nitrogen and oxygen atoms in total. The molecule has 88 valence electrons. The van der Waals surface area contributed by atoms with Crippen molar-refractivity contribution in [2.45, 2.75) is 13.8 Å². The molecule has 17 heavy (non-hydrogen) atoms. The summed E-state index contributed by atoms with van der Waals surface area (Å²) in [7, 11) is 0. The third kappa shape index (κ3) is 2.36. The first-order valence-corrected chi connectivity index (χ1v) is 5.82. The van der Waals surface area contributed by atoms with Crippen LogP contribution in [0.15, 0.2) is 22.8 Å². The number of H-pyrrole nitrogens is 1. The number of aromatic nitrogens is 3. The molecule has 2 heterocycles. The van der Waals surface area contributed by atoms with Crippen molar-refractivity contribution in [1.29, 1.82) is 0 Å². The van der Waals surface area contributed by atoms with E-state index in [9.17, 15) is 4.79 Å². The van der Waals surface area contributed by atoms with E-state index >= 15 is 0 Å². The number of anilines is 1. The lowest BCUT2D eigenvalue weighted by Gasteiger charge is -2.03. The third-order valence-corrected chi connectivity index (χ3v) is 3.10. The molecule has 1 amide bonds. The number of amides is 1. The van der Waals surface area contributed by atoms with Gasteiger partial charge in [0.15, 0.2) is 5.82 Å². The minimum Gasteiger partial charge on any atom is -0.303 e. The van der Waals surface area contributed by atoms with Gasteiger partial charge in [0, 0.05) is 21.9 Å². The summed E-state index contributed by atoms with van der Waals surface area (Å²) >= 11 is 3.28. The van der Waals surface area contributed by atoms with E-state index in [0.717, 1.165) is 11.3 Å². The lowest BCUT2D eigenvalue weighted by molar-refractivity contribution is 0.102. The van der Waals surface area contributed by atoms with Crippen molar-refractivity contribution >= 4 is 27.7 Å². The lowest BCUT2D eigenvalue weighted by Crippen LogP contribution is -2.15. The summed E-state index contributed by atoms with van der Waals surface area (Å²) in [4.78, 5) is 16.0. The number of hydrogen-bond donors (Lipinski definition) is 2. The predicted molar refractivity (Wildman–Crippen MR) is 68.0 cm³/mol. The monoisotopic (exact) mass is 294 g/mol. The van der Waals surface area contributed by atoms with Crippen molar-refractivity contribution in [1.82, 2.24) is 15.2 Å². The molecule has 0 bridgehead atoms. The van der Waals surface area contributed by atoms with Crippen LogP contribution in [0.2, 0.25) is 0 Å². The standard InChI is InChI=1S/C11H11BrN4O/c1-6-7(2)15-16-10(6)14-11(17)9-8(12)4-3-5-13-9/h3-5H,1-2H3,(H2,14,15,16,17). The van der Waals surface area contributed by atoms with Crippen LogP contribution in [-0.4, -0.2) is 21.1 Å². The second-order valence-electron chi connectivity index (χ2n) is 3.61. The largest absolute Gasteiger partial charge is 0.303 e. The van der Waals surface area contributed by atoms with E-state index < -0.39 is 0 Å². The summed E-state index contributed by atoms with van der Waals surface area (Å²) in [6.45, 7) is 3.79. The minimum atomic E-state index is -0.285. The SMILES string of the molecule is Cc1[nH]nc(NC(=O)c2ncccc2Br)c1C. The summed E-state index contributed by atoms with van der Waals surface area (Å²) in [5.41, 5.74) is 2.19. The summed E-state index contributed by atoms with van der Waals surface area (Å²) < 4.78 is 0.655. The number of pyridine rings is 1. The van der Waals surface area contributed by atoms with Crippen molar-refractivity contribution in [3.8, 4) is 0 Å². The molecule has 0 spiro atoms. The van der Waals surface area contributed by atoms with Crippen LogP contribution in [0.4, 0.5) is 5.82 Å². The number of aromatic amines is 1. The highest BCUT2D eigenvalue weighted by molar-refractivity contribution is 9.10. The second-order valence-corrected chi connectivity index (χ2v) is 4.46. The van der Waals surface area contributed by atoms with Crippen LogP contribution in [0.25, 0.3) is 0 Å². The number of carbonyl (C=O) groups is 1. The van der Waals surface area contributed by atoms with Gasteiger partial charge in [-0.2, -0.15) is 5.10 Å². The van der Waals surface area contributed by atoms with E-state index in [1.807, 2.05) is 13.8 Å². The van der Waals surface area contributed by atoms with E-state index in [1.54, 1.807) is 18.3 Å². The van der Waals surface area contributed by atoms with Crippen LogP contribution < -0.4 is 5.32 Å². The second kappa shape index (κ2) is 4.67. The maximum Gasteiger partial charge on any atom is 0.276 e. The molecule has 0 saturated carbocycles. The number of nitrogens with zero attached hydrogens (tertiary/aromatic N) is 2. The first-order chi connectivity index (χ1) is 8.09. The van der Waals surface area contributed by atoms with E-state index in [0.29, 0.717) is 16.0 Å². The smallest absolute Gasteiger partial charge is 0.276 e. The van der Waals surface area contributed by atoms with Gasteiger partial charge in [0.1, 0.15) is 5.69 Å². The summed E-state index contributed by atoms with van der Waals surface area (Å²) in [6.07, 6.45) is 1.57. The number of rotatable bonds is 2. The molecule has 2 aromatic rings. The third-order valence-electron chi connectivity index (χ3n) is 2.46. The van der Waals surface area contributed by atoms with Gasteiger partial charge in [0.25, 0.3) is 5.91 Å². The normalized spacial score (nSPS) is 10.3. The van der Waals surface area contributed by atoms with Gasteiger partial charge in [-0.15, -0.1) is 0 Å². The van der Waals surface area contributed by atoms with E-state index in [2.05, 4.69) is 36.4 Å². The molecule has 0 saturated heterocycles. The zero-order valence-corrected chi connectivity index (χ0v) is 11.0. The number of carbonyl (C=O) groups excluding carboxylic acids is 1. The highest BCUT2D eigenvalue weighted by Crippen LogP contribution is 2.17. The van der Waals surface area contributed by atoms with Crippen molar-refractivity contribution in [2.24, 2.45) is 0 Å². The molecule has 0 fully saturated rings. The summed E-state index contributed by atoms with van der Waals surface area (Å²) in [5, 5.41) is 9.54. The highest BCUT2D eigenvalue weighted by Gasteiger charge is 2.14. The molecule has 0 aliphatic rings. The van der Waals surface area contributed by atoms with Crippen LogP contribution >= 0.6 is 15.9 Å². The van der Waals surface area contributed by atoms with Crippen molar-refractivity contribution in [3.63, 3.8) is 0 Å². The van der Waals surface area contributed by atoms with Gasteiger partial charge < -0.3 is 5.32 Å². The molecule has 0 unspecified atom stereocenters. The number of aryl methyl sites for hydroxylation is 1. The number of halogens is 1. The van der Waals surface area contributed by atoms with Crippen LogP contribution in [0, 0.1) is 13.8 Å². The van der Waals surface area contributed by atoms with E-state index in [1.165, 1.54) is 0 Å². The van der Waals surface area contributed by atoms with Gasteiger partial charge in [-0.05, 0) is 41.9 Å². The molecular formula is C11H11BrN4O. The van der Waals surface area contributed by atoms with Crippen LogP contribution in [0.1, 0.15) is 21.7 Å². The summed E-state index contributed by atoms with van der Waals surface area (Å²) in [6, 6.07) is 3.52. The lowest BCUT2D eigenvalue weighted by atomic mass is 10.2. The van der Waals surface area contributed by atoms with Gasteiger partial charge in [0.2, 0.25) is 0 Å². The average molecular weight is 295 g/mol. The number of hydrogen-bond acceptors (Lipinski definition) is 3. The molecule has 0 atom stereocenters. The molecule has 2 rings (SSSR count). The fourth-order valence-corrected chi connectivity index (χ4v) is 1.76. The Hall–Kier alpha value is -1.69. The van der Waals surface area contributed by atoms with E-state index in [-0.39, 0.29) is 5.91 Å². The Morgan fingerprint density at radius 1 is 1.47 bits per heavy atom. The van der Waals surface area contributed by atoms with Crippen molar-refractivity contribution < 1.29 is 4.79 Å². The van der Waals surface area contributed by atoms with Crippen LogP contribution in [0.5, 0.6) is 0 Å². The Labute approximate surface area is 107 Å². The molecule has 0 aromatic carbocycles. The Kier molecular flexibility index (Phi) is 3.23. The van der Waals surface area contributed by atoms with Gasteiger partial charge >= 0.3 is 0 Å². The highest BCUT2D eigenvalue weighted by atomic mass is 79.9. The molecule has 0 aliphatic carbocycles. The number of nitrogens with one attached hydrogen (secondary N) is 2. The quantitative estimate of drug-likeness (QED) is 0.894. The van der Waals surface area contributed by atoms with E-state index in [4.69, 9.17) is 0 Å². The molecule has 0 radical (unpaired) electrons. The Bertz CT molecular complexity index is 564. The molecule has 6 heteroatoms. The average Bonchev–Trinajstić information content (AvgIpc) is 2.61. The molecular weight excluding hydrogens is 284 g/mol. The van der Waals surface area contributed by atoms with Crippen molar-refractivity contribution in [2.75, 3.05) is 5.32 Å². The maximum atomic E-state index is 11.9. The zero-order chi connectivity index (χ0) is 12.4. The molecule has 2 aromatic heterocycles. The fourth-order valence-electron chi connectivity index (χ4n) is 1.33. The summed E-state index contributed by atoms with van der Waals surface area (Å²) in [5.74, 6) is 0.247. The molecule has 0 aliphatic heterocycles. The van der Waals surface area contributed by atoms with Gasteiger partial charge in [-0.25, -0.2) is 4.98 Å². The first kappa shape index (κ1) is 11.8. The first-order valence-electron chi connectivity index (χ1n) is 5.03. The van der Waals surface area contributed by atoms with Gasteiger partial charge in [-0.3, -0.25) is 9.89 Å². The van der Waals surface area contributed by atoms with Gasteiger partial charge in [0.05, 0.1) is 0 Å². The Morgan fingerprint density at radius 3 is 2.82 bits per heavy atom. The zero-order valence-electron chi connectivity index (χ0n) is 9.41. The Morgan fingerprint density at radius 2 is 2.24 bits per heavy atom. The van der Waals surface area contributed by atoms with Crippen LogP contribution in [0.3, 0.4) is 0 Å². The molecule has 2 N–H and O–H groups in total. The minimum absolute atomic E-state index is 0.285. The van der Waals surface area contributed by atoms with Crippen molar-refractivity contribution in [3.05, 3.63) is 39.8 Å². The predicted octanol–water partition coefficient (Wildman–Crippen LogP) is 2.44. The van der Waals surface area contributed by atoms with Crippen LogP contribution in [-0.2, 0) is 0 Å². The van der Waals surface area contributed by atoms with Gasteiger partial charge in [-0.1, -0.05) is 0 Å². The Balaban J connectivity index is 2.23.